The van der Waals surface area contributed by atoms with Crippen LogP contribution < -0.4 is 0 Å². The lowest BCUT2D eigenvalue weighted by Crippen LogP contribution is -2.50. The molecule has 3 rings (SSSR count). The van der Waals surface area contributed by atoms with Crippen LogP contribution in [0, 0.1) is 5.92 Å². The Bertz CT molecular complexity index is 503. The van der Waals surface area contributed by atoms with Crippen molar-refractivity contribution in [2.24, 2.45) is 5.92 Å². The smallest absolute Gasteiger partial charge is 0.143 e. The van der Waals surface area contributed by atoms with E-state index in [9.17, 15) is 9.18 Å². The number of allylic oxidation sites excluding steroid dienone is 2. The summed E-state index contributed by atoms with van der Waals surface area (Å²) in [6.45, 7) is 10.1. The number of likely N-dealkylation sites (tertiary alicyclic amines) is 1. The number of piperazine rings is 1. The molecule has 0 spiro atoms. The molecule has 3 aliphatic rings. The van der Waals surface area contributed by atoms with E-state index in [4.69, 9.17) is 0 Å². The van der Waals surface area contributed by atoms with Gasteiger partial charge in [-0.15, -0.1) is 0 Å². The number of ketones is 1. The van der Waals surface area contributed by atoms with Gasteiger partial charge in [0.1, 0.15) is 11.6 Å². The molecule has 4 nitrogen and oxygen atoms in total. The molecular formula is C20H32FN3O. The first-order chi connectivity index (χ1) is 12.1. The van der Waals surface area contributed by atoms with E-state index in [-0.39, 0.29) is 11.6 Å². The Hall–Kier alpha value is -1.04. The van der Waals surface area contributed by atoms with Crippen LogP contribution in [-0.4, -0.2) is 78.9 Å². The van der Waals surface area contributed by atoms with Crippen molar-refractivity contribution in [1.29, 1.82) is 0 Å². The SMILES string of the molecule is CC(=O)CN1CCC(CCN2CCN(C3C=CC(F)=CC3)CC2)CC1. The third-order valence-electron chi connectivity index (χ3n) is 5.91. The van der Waals surface area contributed by atoms with Crippen LogP contribution >= 0.6 is 0 Å². The third kappa shape index (κ3) is 5.73. The van der Waals surface area contributed by atoms with Crippen LogP contribution in [0.25, 0.3) is 0 Å². The number of hydrogen-bond donors (Lipinski definition) is 0. The Kier molecular flexibility index (Phi) is 6.79. The number of nitrogens with zero attached hydrogens (tertiary/aromatic N) is 3. The van der Waals surface area contributed by atoms with Gasteiger partial charge in [0.25, 0.3) is 0 Å². The quantitative estimate of drug-likeness (QED) is 0.736. The first-order valence-corrected chi connectivity index (χ1v) is 9.82. The second kappa shape index (κ2) is 9.06. The molecule has 0 saturated carbocycles. The molecule has 5 heteroatoms. The molecule has 0 aromatic rings. The molecule has 2 heterocycles. The van der Waals surface area contributed by atoms with Gasteiger partial charge in [-0.1, -0.05) is 6.08 Å². The number of carbonyl (C=O) groups excluding carboxylic acids is 1. The van der Waals surface area contributed by atoms with Crippen LogP contribution in [0.1, 0.15) is 32.6 Å². The molecule has 0 aromatic heterocycles. The second-order valence-electron chi connectivity index (χ2n) is 7.84. The molecule has 0 aromatic carbocycles. The average molecular weight is 349 g/mol. The summed E-state index contributed by atoms with van der Waals surface area (Å²) >= 11 is 0. The van der Waals surface area contributed by atoms with Crippen molar-refractivity contribution >= 4 is 5.78 Å². The van der Waals surface area contributed by atoms with E-state index in [0.717, 1.165) is 51.6 Å². The van der Waals surface area contributed by atoms with Crippen LogP contribution in [0.4, 0.5) is 4.39 Å². The number of rotatable bonds is 6. The number of hydrogen-bond acceptors (Lipinski definition) is 4. The van der Waals surface area contributed by atoms with Gasteiger partial charge in [-0.2, -0.15) is 0 Å². The fraction of sp³-hybridized carbons (Fsp3) is 0.750. The van der Waals surface area contributed by atoms with Gasteiger partial charge in [0.05, 0.1) is 6.54 Å². The summed E-state index contributed by atoms with van der Waals surface area (Å²) in [5.41, 5.74) is 0. The molecule has 1 aliphatic carbocycles. The minimum atomic E-state index is -0.0933. The largest absolute Gasteiger partial charge is 0.301 e. The first kappa shape index (κ1) is 18.7. The van der Waals surface area contributed by atoms with E-state index in [1.165, 1.54) is 25.8 Å². The van der Waals surface area contributed by atoms with Gasteiger partial charge in [-0.05, 0) is 70.3 Å². The van der Waals surface area contributed by atoms with Crippen molar-refractivity contribution in [1.82, 2.24) is 14.7 Å². The second-order valence-corrected chi connectivity index (χ2v) is 7.84. The Labute approximate surface area is 151 Å². The highest BCUT2D eigenvalue weighted by molar-refractivity contribution is 5.77. The van der Waals surface area contributed by atoms with Crippen LogP contribution in [0.3, 0.4) is 0 Å². The fourth-order valence-electron chi connectivity index (χ4n) is 4.29. The number of halogens is 1. The normalized spacial score (nSPS) is 27.4. The highest BCUT2D eigenvalue weighted by Gasteiger charge is 2.24. The molecule has 1 unspecified atom stereocenters. The molecule has 2 aliphatic heterocycles. The van der Waals surface area contributed by atoms with Gasteiger partial charge >= 0.3 is 0 Å². The highest BCUT2D eigenvalue weighted by atomic mass is 19.1. The summed E-state index contributed by atoms with van der Waals surface area (Å²) in [6, 6.07) is 0.382. The summed E-state index contributed by atoms with van der Waals surface area (Å²) in [5.74, 6) is 1.00. The lowest BCUT2D eigenvalue weighted by molar-refractivity contribution is -0.118. The van der Waals surface area contributed by atoms with Crippen molar-refractivity contribution in [3.05, 3.63) is 24.1 Å². The molecule has 0 N–H and O–H groups in total. The monoisotopic (exact) mass is 349 g/mol. The van der Waals surface area contributed by atoms with E-state index >= 15 is 0 Å². The van der Waals surface area contributed by atoms with Crippen molar-refractivity contribution in [3.8, 4) is 0 Å². The standard InChI is InChI=1S/C20H32FN3O/c1-17(25)16-23-10-7-18(8-11-23)6-9-22-12-14-24(15-13-22)20-4-2-19(21)3-5-20/h2-4,18,20H,5-16H2,1H3. The predicted molar refractivity (Wildman–Crippen MR) is 99.2 cm³/mol. The molecule has 0 amide bonds. The maximum Gasteiger partial charge on any atom is 0.143 e. The number of piperidine rings is 1. The lowest BCUT2D eigenvalue weighted by Gasteiger charge is -2.39. The molecular weight excluding hydrogens is 317 g/mol. The van der Waals surface area contributed by atoms with Crippen molar-refractivity contribution < 1.29 is 9.18 Å². The van der Waals surface area contributed by atoms with Gasteiger partial charge in [-0.25, -0.2) is 4.39 Å². The van der Waals surface area contributed by atoms with Crippen molar-refractivity contribution in [3.63, 3.8) is 0 Å². The molecule has 0 bridgehead atoms. The number of Topliss-reactive ketones (excluding diaryl/α,β-unsaturated/α-hetero) is 1. The minimum Gasteiger partial charge on any atom is -0.301 e. The first-order valence-electron chi connectivity index (χ1n) is 9.82. The summed E-state index contributed by atoms with van der Waals surface area (Å²) in [4.78, 5) is 18.6. The maximum absolute atomic E-state index is 13.1. The van der Waals surface area contributed by atoms with Crippen LogP contribution in [0.15, 0.2) is 24.1 Å². The Morgan fingerprint density at radius 3 is 2.44 bits per heavy atom. The lowest BCUT2D eigenvalue weighted by atomic mass is 9.93. The van der Waals surface area contributed by atoms with Gasteiger partial charge < -0.3 is 4.90 Å². The zero-order valence-corrected chi connectivity index (χ0v) is 15.5. The van der Waals surface area contributed by atoms with E-state index in [1.54, 1.807) is 19.1 Å². The maximum atomic E-state index is 13.1. The van der Waals surface area contributed by atoms with E-state index < -0.39 is 0 Å². The van der Waals surface area contributed by atoms with Crippen LogP contribution in [-0.2, 0) is 4.79 Å². The zero-order chi connectivity index (χ0) is 17.6. The van der Waals surface area contributed by atoms with Gasteiger partial charge in [-0.3, -0.25) is 14.6 Å². The third-order valence-corrected chi connectivity index (χ3v) is 5.91. The van der Waals surface area contributed by atoms with Crippen molar-refractivity contribution in [2.45, 2.75) is 38.6 Å². The average Bonchev–Trinajstić information content (AvgIpc) is 2.62. The van der Waals surface area contributed by atoms with E-state index in [2.05, 4.69) is 14.7 Å². The molecule has 2 saturated heterocycles. The highest BCUT2D eigenvalue weighted by Crippen LogP contribution is 2.22. The zero-order valence-electron chi connectivity index (χ0n) is 15.5. The summed E-state index contributed by atoms with van der Waals surface area (Å²) in [5, 5.41) is 0. The summed E-state index contributed by atoms with van der Waals surface area (Å²) in [6.07, 6.45) is 9.89. The number of carbonyl (C=O) groups is 1. The molecule has 2 fully saturated rings. The van der Waals surface area contributed by atoms with E-state index in [0.29, 0.717) is 12.6 Å². The Morgan fingerprint density at radius 1 is 1.12 bits per heavy atom. The molecule has 1 atom stereocenters. The van der Waals surface area contributed by atoms with Crippen LogP contribution in [0.5, 0.6) is 0 Å². The Balaban J connectivity index is 1.31. The molecule has 25 heavy (non-hydrogen) atoms. The van der Waals surface area contributed by atoms with Crippen LogP contribution in [0.2, 0.25) is 0 Å². The topological polar surface area (TPSA) is 26.8 Å². The van der Waals surface area contributed by atoms with Gasteiger partial charge in [0.2, 0.25) is 0 Å². The molecule has 140 valence electrons. The summed E-state index contributed by atoms with van der Waals surface area (Å²) in [7, 11) is 0. The fourth-order valence-corrected chi connectivity index (χ4v) is 4.29. The predicted octanol–water partition coefficient (Wildman–Crippen LogP) is 2.48. The minimum absolute atomic E-state index is 0.0933. The van der Waals surface area contributed by atoms with Gasteiger partial charge in [0.15, 0.2) is 0 Å². The van der Waals surface area contributed by atoms with Gasteiger partial charge in [0, 0.05) is 32.2 Å². The van der Waals surface area contributed by atoms with Crippen molar-refractivity contribution in [2.75, 3.05) is 52.4 Å². The molecule has 0 radical (unpaired) electrons. The summed E-state index contributed by atoms with van der Waals surface area (Å²) < 4.78 is 13.1. The van der Waals surface area contributed by atoms with E-state index in [1.807, 2.05) is 6.08 Å². The Morgan fingerprint density at radius 2 is 1.84 bits per heavy atom.